The van der Waals surface area contributed by atoms with Gasteiger partial charge in [-0.25, -0.2) is 9.97 Å². The molecule has 0 aliphatic heterocycles. The highest BCUT2D eigenvalue weighted by Gasteiger charge is 2.06. The first kappa shape index (κ1) is 10.9. The van der Waals surface area contributed by atoms with Crippen molar-refractivity contribution in [3.8, 4) is 11.3 Å². The van der Waals surface area contributed by atoms with Gasteiger partial charge >= 0.3 is 0 Å². The van der Waals surface area contributed by atoms with Crippen molar-refractivity contribution < 1.29 is 0 Å². The maximum absolute atomic E-state index is 4.55. The highest BCUT2D eigenvalue weighted by Crippen LogP contribution is 2.25. The third-order valence-electron chi connectivity index (χ3n) is 2.69. The predicted molar refractivity (Wildman–Crippen MR) is 74.5 cm³/mol. The van der Waals surface area contributed by atoms with Crippen LogP contribution in [0, 0.1) is 0 Å². The minimum Gasteiger partial charge on any atom is -0.334 e. The van der Waals surface area contributed by atoms with E-state index in [9.17, 15) is 0 Å². The Morgan fingerprint density at radius 2 is 2.29 bits per heavy atom. The molecule has 0 fully saturated rings. The number of hydrogen-bond acceptors (Lipinski definition) is 3. The van der Waals surface area contributed by atoms with E-state index in [0.717, 1.165) is 32.6 Å². The first-order chi connectivity index (χ1) is 8.28. The first-order valence-corrected chi connectivity index (χ1v) is 7.20. The van der Waals surface area contributed by atoms with Crippen LogP contribution in [-0.2, 0) is 12.4 Å². The molecule has 0 saturated carbocycles. The second-order valence-electron chi connectivity index (χ2n) is 3.82. The SMILES string of the molecule is Cn1cnc2cc(-c3csc(CBr)n3)ccc21. The maximum atomic E-state index is 4.55. The zero-order chi connectivity index (χ0) is 11.8. The number of halogens is 1. The molecule has 0 N–H and O–H groups in total. The fourth-order valence-electron chi connectivity index (χ4n) is 1.80. The van der Waals surface area contributed by atoms with Crippen molar-refractivity contribution in [2.24, 2.45) is 7.05 Å². The summed E-state index contributed by atoms with van der Waals surface area (Å²) in [7, 11) is 2.00. The van der Waals surface area contributed by atoms with E-state index in [1.165, 1.54) is 0 Å². The summed E-state index contributed by atoms with van der Waals surface area (Å²) < 4.78 is 2.02. The minimum atomic E-state index is 0.809. The molecule has 86 valence electrons. The molecule has 2 aromatic heterocycles. The Morgan fingerprint density at radius 3 is 3.06 bits per heavy atom. The molecule has 0 spiro atoms. The quantitative estimate of drug-likeness (QED) is 0.677. The third-order valence-corrected chi connectivity index (χ3v) is 4.44. The van der Waals surface area contributed by atoms with Gasteiger partial charge in [0.05, 0.1) is 28.4 Å². The largest absolute Gasteiger partial charge is 0.334 e. The number of fused-ring (bicyclic) bond motifs is 1. The number of hydrogen-bond donors (Lipinski definition) is 0. The second kappa shape index (κ2) is 4.23. The number of thiazole rings is 1. The number of nitrogens with zero attached hydrogens (tertiary/aromatic N) is 3. The molecule has 2 heterocycles. The molecule has 17 heavy (non-hydrogen) atoms. The van der Waals surface area contributed by atoms with Crippen LogP contribution in [0.2, 0.25) is 0 Å². The van der Waals surface area contributed by atoms with Gasteiger partial charge in [-0.3, -0.25) is 0 Å². The summed E-state index contributed by atoms with van der Waals surface area (Å²) in [6.45, 7) is 0. The van der Waals surface area contributed by atoms with E-state index in [4.69, 9.17) is 0 Å². The van der Waals surface area contributed by atoms with E-state index in [2.05, 4.69) is 49.5 Å². The van der Waals surface area contributed by atoms with E-state index in [1.807, 2.05) is 17.9 Å². The van der Waals surface area contributed by atoms with E-state index in [1.54, 1.807) is 11.3 Å². The van der Waals surface area contributed by atoms with Gasteiger partial charge in [0.1, 0.15) is 5.01 Å². The normalized spacial score (nSPS) is 11.2. The molecule has 3 nitrogen and oxygen atoms in total. The zero-order valence-corrected chi connectivity index (χ0v) is 11.6. The van der Waals surface area contributed by atoms with Crippen LogP contribution in [0.1, 0.15) is 5.01 Å². The van der Waals surface area contributed by atoms with Gasteiger partial charge in [0.2, 0.25) is 0 Å². The van der Waals surface area contributed by atoms with Crippen molar-refractivity contribution in [3.05, 3.63) is 34.9 Å². The smallest absolute Gasteiger partial charge is 0.104 e. The summed E-state index contributed by atoms with van der Waals surface area (Å²) in [5, 5.41) is 3.99. The van der Waals surface area contributed by atoms with E-state index >= 15 is 0 Å². The van der Waals surface area contributed by atoms with E-state index < -0.39 is 0 Å². The summed E-state index contributed by atoms with van der Waals surface area (Å²) in [6.07, 6.45) is 1.83. The number of imidazole rings is 1. The Balaban J connectivity index is 2.11. The highest BCUT2D eigenvalue weighted by molar-refractivity contribution is 9.08. The molecule has 0 aliphatic carbocycles. The van der Waals surface area contributed by atoms with Crippen LogP contribution in [-0.4, -0.2) is 14.5 Å². The lowest BCUT2D eigenvalue weighted by Gasteiger charge is -1.98. The highest BCUT2D eigenvalue weighted by atomic mass is 79.9. The number of rotatable bonds is 2. The molecule has 0 saturated heterocycles. The molecule has 0 radical (unpaired) electrons. The van der Waals surface area contributed by atoms with Gasteiger partial charge in [0.15, 0.2) is 0 Å². The fourth-order valence-corrected chi connectivity index (χ4v) is 2.97. The van der Waals surface area contributed by atoms with Crippen molar-refractivity contribution >= 4 is 38.3 Å². The lowest BCUT2D eigenvalue weighted by atomic mass is 10.1. The Morgan fingerprint density at radius 1 is 1.41 bits per heavy atom. The number of benzene rings is 1. The standard InChI is InChI=1S/C12H10BrN3S/c1-16-7-14-9-4-8(2-3-11(9)16)10-6-17-12(5-13)15-10/h2-4,6-7H,5H2,1H3. The third kappa shape index (κ3) is 1.89. The summed E-state index contributed by atoms with van der Waals surface area (Å²) in [6, 6.07) is 6.27. The van der Waals surface area contributed by atoms with Crippen molar-refractivity contribution in [3.63, 3.8) is 0 Å². The van der Waals surface area contributed by atoms with Gasteiger partial charge in [-0.2, -0.15) is 0 Å². The topological polar surface area (TPSA) is 30.7 Å². The fraction of sp³-hybridized carbons (Fsp3) is 0.167. The minimum absolute atomic E-state index is 0.809. The van der Waals surface area contributed by atoms with Crippen LogP contribution in [0.15, 0.2) is 29.9 Å². The molecule has 3 aromatic rings. The van der Waals surface area contributed by atoms with Crippen LogP contribution in [0.3, 0.4) is 0 Å². The lowest BCUT2D eigenvalue weighted by molar-refractivity contribution is 0.948. The van der Waals surface area contributed by atoms with Crippen LogP contribution < -0.4 is 0 Å². The van der Waals surface area contributed by atoms with Gasteiger partial charge in [-0.05, 0) is 12.1 Å². The van der Waals surface area contributed by atoms with Crippen molar-refractivity contribution in [2.75, 3.05) is 0 Å². The van der Waals surface area contributed by atoms with Gasteiger partial charge in [-0.15, -0.1) is 11.3 Å². The van der Waals surface area contributed by atoms with Crippen molar-refractivity contribution in [1.29, 1.82) is 0 Å². The molecule has 5 heteroatoms. The van der Waals surface area contributed by atoms with E-state index in [0.29, 0.717) is 0 Å². The number of alkyl halides is 1. The lowest BCUT2D eigenvalue weighted by Crippen LogP contribution is -1.84. The molecule has 3 rings (SSSR count). The van der Waals surface area contributed by atoms with Gasteiger partial charge in [0.25, 0.3) is 0 Å². The summed E-state index contributed by atoms with van der Waals surface area (Å²) >= 11 is 5.09. The summed E-state index contributed by atoms with van der Waals surface area (Å²) in [4.78, 5) is 8.91. The maximum Gasteiger partial charge on any atom is 0.104 e. The average Bonchev–Trinajstić information content (AvgIpc) is 2.96. The molecule has 0 bridgehead atoms. The molecular weight excluding hydrogens is 298 g/mol. The summed E-state index contributed by atoms with van der Waals surface area (Å²) in [5.74, 6) is 0. The average molecular weight is 308 g/mol. The summed E-state index contributed by atoms with van der Waals surface area (Å²) in [5.41, 5.74) is 4.31. The van der Waals surface area contributed by atoms with E-state index in [-0.39, 0.29) is 0 Å². The molecule has 0 unspecified atom stereocenters. The van der Waals surface area contributed by atoms with Crippen molar-refractivity contribution in [1.82, 2.24) is 14.5 Å². The second-order valence-corrected chi connectivity index (χ2v) is 5.32. The first-order valence-electron chi connectivity index (χ1n) is 5.20. The predicted octanol–water partition coefficient (Wildman–Crippen LogP) is 3.59. The van der Waals surface area contributed by atoms with Crippen LogP contribution in [0.4, 0.5) is 0 Å². The number of aryl methyl sites for hydroxylation is 1. The number of aromatic nitrogens is 3. The molecule has 0 atom stereocenters. The Bertz CT molecular complexity index is 671. The van der Waals surface area contributed by atoms with Gasteiger partial charge in [-0.1, -0.05) is 22.0 Å². The Kier molecular flexibility index (Phi) is 2.72. The molecule has 0 aliphatic rings. The zero-order valence-electron chi connectivity index (χ0n) is 9.22. The van der Waals surface area contributed by atoms with Gasteiger partial charge < -0.3 is 4.57 Å². The van der Waals surface area contributed by atoms with Crippen LogP contribution >= 0.6 is 27.3 Å². The van der Waals surface area contributed by atoms with Gasteiger partial charge in [0, 0.05) is 18.0 Å². The van der Waals surface area contributed by atoms with Crippen LogP contribution in [0.5, 0.6) is 0 Å². The molecular formula is C12H10BrN3S. The molecule has 1 aromatic carbocycles. The Hall–Kier alpha value is -1.20. The molecule has 0 amide bonds. The Labute approximate surface area is 111 Å². The van der Waals surface area contributed by atoms with Crippen molar-refractivity contribution in [2.45, 2.75) is 5.33 Å². The monoisotopic (exact) mass is 307 g/mol. The van der Waals surface area contributed by atoms with Crippen LogP contribution in [0.25, 0.3) is 22.3 Å².